The molecule has 0 aliphatic rings. The molecule has 2 aromatic rings. The molecular weight excluding hydrogens is 412 g/mol. The van der Waals surface area contributed by atoms with Crippen LogP contribution in [0.3, 0.4) is 0 Å². The quantitative estimate of drug-likeness (QED) is 0.202. The number of unbranched alkanes of at least 4 members (excludes halogenated alkanes) is 7. The lowest BCUT2D eigenvalue weighted by molar-refractivity contribution is 0.299. The Morgan fingerprint density at radius 1 is 0.750 bits per heavy atom. The first-order valence-electron chi connectivity index (χ1n) is 11.2. The minimum atomic E-state index is 0.785. The molecule has 0 fully saturated rings. The van der Waals surface area contributed by atoms with Gasteiger partial charge in [-0.05, 0) is 37.3 Å². The Bertz CT molecular complexity index is 684. The smallest absolute Gasteiger partial charge is 0.130 e. The van der Waals surface area contributed by atoms with Crippen LogP contribution in [0, 0.1) is 0 Å². The molecular formula is C25H37BrO2. The van der Waals surface area contributed by atoms with Crippen LogP contribution in [0.25, 0.3) is 10.8 Å². The third-order valence-corrected chi connectivity index (χ3v) is 5.76. The number of fused-ring (bicyclic) bond motifs is 1. The third-order valence-electron chi connectivity index (χ3n) is 5.19. The molecule has 0 radical (unpaired) electrons. The zero-order valence-corrected chi connectivity index (χ0v) is 19.4. The predicted molar refractivity (Wildman–Crippen MR) is 125 cm³/mol. The Hall–Kier alpha value is -1.22. The third kappa shape index (κ3) is 7.31. The molecule has 2 aromatic carbocycles. The molecule has 0 N–H and O–H groups in total. The van der Waals surface area contributed by atoms with Crippen molar-refractivity contribution in [1.29, 1.82) is 0 Å². The van der Waals surface area contributed by atoms with Gasteiger partial charge in [0.1, 0.15) is 11.5 Å². The molecule has 0 aliphatic carbocycles. The van der Waals surface area contributed by atoms with Gasteiger partial charge in [-0.2, -0.15) is 0 Å². The summed E-state index contributed by atoms with van der Waals surface area (Å²) in [5.74, 6) is 2.06. The summed E-state index contributed by atoms with van der Waals surface area (Å²) >= 11 is 3.50. The minimum Gasteiger partial charge on any atom is -0.493 e. The Morgan fingerprint density at radius 3 is 2.07 bits per heavy atom. The van der Waals surface area contributed by atoms with Gasteiger partial charge in [-0.1, -0.05) is 92.6 Å². The van der Waals surface area contributed by atoms with Gasteiger partial charge in [-0.15, -0.1) is 0 Å². The second-order valence-corrected chi connectivity index (χ2v) is 8.27. The maximum absolute atomic E-state index is 6.29. The molecule has 28 heavy (non-hydrogen) atoms. The van der Waals surface area contributed by atoms with E-state index in [1.54, 1.807) is 0 Å². The molecule has 0 atom stereocenters. The molecule has 0 aliphatic heterocycles. The Morgan fingerprint density at radius 2 is 1.39 bits per heavy atom. The fourth-order valence-corrected chi connectivity index (χ4v) is 3.93. The van der Waals surface area contributed by atoms with Gasteiger partial charge < -0.3 is 9.47 Å². The summed E-state index contributed by atoms with van der Waals surface area (Å²) in [6, 6.07) is 10.7. The summed E-state index contributed by atoms with van der Waals surface area (Å²) in [4.78, 5) is 0. The van der Waals surface area contributed by atoms with Crippen LogP contribution < -0.4 is 9.47 Å². The molecule has 2 rings (SSSR count). The molecule has 2 nitrogen and oxygen atoms in total. The van der Waals surface area contributed by atoms with Crippen molar-refractivity contribution < 1.29 is 9.47 Å². The van der Waals surface area contributed by atoms with Gasteiger partial charge in [0.2, 0.25) is 0 Å². The number of rotatable bonds is 15. The van der Waals surface area contributed by atoms with E-state index >= 15 is 0 Å². The van der Waals surface area contributed by atoms with Gasteiger partial charge >= 0.3 is 0 Å². The van der Waals surface area contributed by atoms with Crippen molar-refractivity contribution >= 4 is 26.7 Å². The summed E-state index contributed by atoms with van der Waals surface area (Å²) in [7, 11) is 0. The fourth-order valence-electron chi connectivity index (χ4n) is 3.54. The molecule has 156 valence electrons. The van der Waals surface area contributed by atoms with E-state index in [0.29, 0.717) is 0 Å². The second kappa shape index (κ2) is 13.9. The van der Waals surface area contributed by atoms with Gasteiger partial charge in [0.15, 0.2) is 0 Å². The van der Waals surface area contributed by atoms with Crippen LogP contribution in [0.5, 0.6) is 11.5 Å². The van der Waals surface area contributed by atoms with Crippen molar-refractivity contribution in [1.82, 2.24) is 0 Å². The zero-order valence-electron chi connectivity index (χ0n) is 17.8. The lowest BCUT2D eigenvalue weighted by Crippen LogP contribution is -2.03. The highest BCUT2D eigenvalue weighted by molar-refractivity contribution is 9.09. The largest absolute Gasteiger partial charge is 0.493 e. The molecule has 0 saturated carbocycles. The summed E-state index contributed by atoms with van der Waals surface area (Å²) in [6.07, 6.45) is 12.1. The normalized spacial score (nSPS) is 11.1. The lowest BCUT2D eigenvalue weighted by atomic mass is 10.0. The number of hydrogen-bond acceptors (Lipinski definition) is 2. The average Bonchev–Trinajstić information content (AvgIpc) is 2.73. The van der Waals surface area contributed by atoms with Crippen molar-refractivity contribution in [3.8, 4) is 11.5 Å². The van der Waals surface area contributed by atoms with E-state index in [1.165, 1.54) is 61.3 Å². The van der Waals surface area contributed by atoms with E-state index in [-0.39, 0.29) is 0 Å². The molecule has 0 bridgehead atoms. The zero-order chi connectivity index (χ0) is 20.0. The molecule has 0 amide bonds. The van der Waals surface area contributed by atoms with E-state index in [1.807, 2.05) is 0 Å². The van der Waals surface area contributed by atoms with E-state index in [0.717, 1.165) is 49.3 Å². The van der Waals surface area contributed by atoms with Gasteiger partial charge in [0, 0.05) is 16.1 Å². The highest BCUT2D eigenvalue weighted by Crippen LogP contribution is 2.37. The summed E-state index contributed by atoms with van der Waals surface area (Å²) in [6.45, 7) is 6.03. The van der Waals surface area contributed by atoms with Crippen LogP contribution >= 0.6 is 15.9 Å². The molecule has 0 unspecified atom stereocenters. The van der Waals surface area contributed by atoms with Gasteiger partial charge in [0.05, 0.1) is 13.2 Å². The molecule has 0 saturated heterocycles. The molecule has 0 heterocycles. The highest BCUT2D eigenvalue weighted by Gasteiger charge is 2.13. The Kier molecular flexibility index (Phi) is 11.4. The monoisotopic (exact) mass is 448 g/mol. The molecule has 0 aromatic heterocycles. The maximum Gasteiger partial charge on any atom is 0.130 e. The number of alkyl halides is 1. The maximum atomic E-state index is 6.29. The first-order chi connectivity index (χ1) is 13.8. The van der Waals surface area contributed by atoms with Crippen LogP contribution in [0.4, 0.5) is 0 Å². The van der Waals surface area contributed by atoms with Crippen molar-refractivity contribution in [2.24, 2.45) is 0 Å². The van der Waals surface area contributed by atoms with E-state index in [2.05, 4.69) is 60.1 Å². The number of aryl methyl sites for hydroxylation is 1. The van der Waals surface area contributed by atoms with Crippen molar-refractivity contribution in [2.75, 3.05) is 18.5 Å². The first-order valence-corrected chi connectivity index (χ1v) is 12.3. The van der Waals surface area contributed by atoms with Crippen LogP contribution in [0.2, 0.25) is 0 Å². The van der Waals surface area contributed by atoms with Crippen molar-refractivity contribution in [2.45, 2.75) is 78.1 Å². The van der Waals surface area contributed by atoms with Crippen LogP contribution in [-0.4, -0.2) is 18.5 Å². The van der Waals surface area contributed by atoms with Crippen LogP contribution in [0.1, 0.15) is 77.2 Å². The Labute approximate surface area is 180 Å². The molecule has 3 heteroatoms. The molecule has 0 spiro atoms. The van der Waals surface area contributed by atoms with E-state index < -0.39 is 0 Å². The van der Waals surface area contributed by atoms with E-state index in [9.17, 15) is 0 Å². The van der Waals surface area contributed by atoms with Crippen LogP contribution in [-0.2, 0) is 6.42 Å². The average molecular weight is 449 g/mol. The van der Waals surface area contributed by atoms with Crippen molar-refractivity contribution in [3.05, 3.63) is 35.9 Å². The standard InChI is InChI=1S/C25H37BrO2/c1-3-5-6-8-14-19-28-25-21(4-2)20-24(22-15-10-11-16-23(22)25)27-18-13-9-7-12-17-26/h10-11,15-16,20H,3-9,12-14,17-19H2,1-2H3. The highest BCUT2D eigenvalue weighted by atomic mass is 79.9. The minimum absolute atomic E-state index is 0.785. The first kappa shape index (κ1) is 23.1. The summed E-state index contributed by atoms with van der Waals surface area (Å²) < 4.78 is 12.5. The van der Waals surface area contributed by atoms with Crippen molar-refractivity contribution in [3.63, 3.8) is 0 Å². The van der Waals surface area contributed by atoms with Gasteiger partial charge in [0.25, 0.3) is 0 Å². The SMILES string of the molecule is CCCCCCCOc1c(CC)cc(OCCCCCCBr)c2ccccc12. The number of benzene rings is 2. The lowest BCUT2D eigenvalue weighted by Gasteiger charge is -2.17. The predicted octanol–water partition coefficient (Wildman–Crippen LogP) is 8.09. The topological polar surface area (TPSA) is 18.5 Å². The second-order valence-electron chi connectivity index (χ2n) is 7.48. The fraction of sp³-hybridized carbons (Fsp3) is 0.600. The summed E-state index contributed by atoms with van der Waals surface area (Å²) in [5, 5.41) is 3.45. The summed E-state index contributed by atoms with van der Waals surface area (Å²) in [5.41, 5.74) is 1.25. The number of hydrogen-bond donors (Lipinski definition) is 0. The Balaban J connectivity index is 2.04. The number of halogens is 1. The van der Waals surface area contributed by atoms with Gasteiger partial charge in [-0.25, -0.2) is 0 Å². The number of ether oxygens (including phenoxy) is 2. The van der Waals surface area contributed by atoms with Crippen LogP contribution in [0.15, 0.2) is 30.3 Å². The van der Waals surface area contributed by atoms with Gasteiger partial charge in [-0.3, -0.25) is 0 Å². The van der Waals surface area contributed by atoms with E-state index in [4.69, 9.17) is 9.47 Å².